The lowest BCUT2D eigenvalue weighted by molar-refractivity contribution is -0.302. The molecule has 5 rings (SSSR count). The van der Waals surface area contributed by atoms with Gasteiger partial charge in [0.05, 0.1) is 31.0 Å². The highest BCUT2D eigenvalue weighted by Gasteiger charge is 2.60. The minimum absolute atomic E-state index is 0.0298. The van der Waals surface area contributed by atoms with Gasteiger partial charge in [0.1, 0.15) is 18.3 Å². The third-order valence-corrected chi connectivity index (χ3v) is 12.0. The van der Waals surface area contributed by atoms with Crippen molar-refractivity contribution in [3.8, 4) is 0 Å². The zero-order valence-electron chi connectivity index (χ0n) is 25.8. The Labute approximate surface area is 245 Å². The quantitative estimate of drug-likeness (QED) is 0.297. The molecule has 3 fully saturated rings. The molecule has 1 aliphatic heterocycles. The molecule has 8 heteroatoms. The third-order valence-electron chi connectivity index (χ3n) is 12.0. The second-order valence-corrected chi connectivity index (χ2v) is 14.7. The molecule has 5 N–H and O–H groups in total. The fourth-order valence-electron chi connectivity index (χ4n) is 9.31. The zero-order chi connectivity index (χ0) is 29.9. The fraction of sp³-hybridized carbons (Fsp3) is 0.879. The summed E-state index contributed by atoms with van der Waals surface area (Å²) in [6, 6.07) is 0. The first-order chi connectivity index (χ1) is 19.3. The molecule has 0 aromatic carbocycles. The second kappa shape index (κ2) is 11.9. The van der Waals surface area contributed by atoms with Crippen molar-refractivity contribution in [3.05, 3.63) is 23.3 Å². The van der Waals surface area contributed by atoms with Crippen LogP contribution in [0.15, 0.2) is 23.3 Å². The predicted molar refractivity (Wildman–Crippen MR) is 155 cm³/mol. The molecular weight excluding hydrogens is 524 g/mol. The van der Waals surface area contributed by atoms with Gasteiger partial charge in [0.2, 0.25) is 0 Å². The van der Waals surface area contributed by atoms with E-state index in [1.54, 1.807) is 0 Å². The Morgan fingerprint density at radius 3 is 2.44 bits per heavy atom. The van der Waals surface area contributed by atoms with Crippen molar-refractivity contribution in [2.45, 2.75) is 129 Å². The standard InChI is InChI=1S/C33H54O8/c1-17(2)23(34)10-7-18(3)22-15-24(35)27-19-8-9-21-28(37)26(41-31-30(39-6)29(38)25(36)16-40-31)12-14-32(21,4)20(19)11-13-33(22,27)5/h8,11,17-18,21-31,34-38H,7,9-10,12-16H2,1-6H3/t18-,21?,22-,23+,24-,25-,26+,27?,28-,29+,30-,31+,32-,33-/m1/s1. The molecule has 5 aliphatic rings. The summed E-state index contributed by atoms with van der Waals surface area (Å²) in [6.07, 6.45) is 4.63. The third kappa shape index (κ3) is 5.39. The molecule has 8 nitrogen and oxygen atoms in total. The van der Waals surface area contributed by atoms with Gasteiger partial charge < -0.3 is 39.7 Å². The lowest BCUT2D eigenvalue weighted by Gasteiger charge is -2.55. The van der Waals surface area contributed by atoms with Crippen LogP contribution in [0.1, 0.15) is 79.6 Å². The van der Waals surface area contributed by atoms with E-state index < -0.39 is 42.9 Å². The van der Waals surface area contributed by atoms with E-state index in [2.05, 4.69) is 46.8 Å². The maximum Gasteiger partial charge on any atom is 0.186 e. The minimum atomic E-state index is -1.11. The molecule has 4 aliphatic carbocycles. The maximum atomic E-state index is 11.6. The van der Waals surface area contributed by atoms with Crippen LogP contribution in [0.4, 0.5) is 0 Å². The van der Waals surface area contributed by atoms with Gasteiger partial charge in [-0.25, -0.2) is 0 Å². The van der Waals surface area contributed by atoms with Gasteiger partial charge in [-0.05, 0) is 84.7 Å². The van der Waals surface area contributed by atoms with Crippen molar-refractivity contribution in [1.82, 2.24) is 0 Å². The zero-order valence-corrected chi connectivity index (χ0v) is 25.8. The Morgan fingerprint density at radius 2 is 1.76 bits per heavy atom. The largest absolute Gasteiger partial charge is 0.393 e. The van der Waals surface area contributed by atoms with E-state index in [4.69, 9.17) is 14.2 Å². The number of fused-ring (bicyclic) bond motifs is 5. The Hall–Kier alpha value is -0.840. The number of aliphatic hydroxyl groups excluding tert-OH is 5. The lowest BCUT2D eigenvalue weighted by Crippen LogP contribution is -2.58. The highest BCUT2D eigenvalue weighted by molar-refractivity contribution is 5.47. The summed E-state index contributed by atoms with van der Waals surface area (Å²) in [5, 5.41) is 53.9. The van der Waals surface area contributed by atoms with Crippen LogP contribution in [0.25, 0.3) is 0 Å². The smallest absolute Gasteiger partial charge is 0.186 e. The molecule has 41 heavy (non-hydrogen) atoms. The SMILES string of the molecule is CO[C@H]1[C@H](O[C@H]2CC[C@]3(C)C4=CC[C@@]5(C)C(C4=CCC3[C@H]2O)[C@H](O)C[C@@H]5[C@H](C)CC[C@H](O)C(C)C)OC[C@@H](O)[C@@H]1O. The van der Waals surface area contributed by atoms with E-state index in [0.717, 1.165) is 32.1 Å². The van der Waals surface area contributed by atoms with Gasteiger partial charge in [-0.3, -0.25) is 0 Å². The van der Waals surface area contributed by atoms with E-state index >= 15 is 0 Å². The highest BCUT2D eigenvalue weighted by Crippen LogP contribution is 2.65. The average Bonchev–Trinajstić information content (AvgIpc) is 3.21. The van der Waals surface area contributed by atoms with Crippen LogP contribution in [0.5, 0.6) is 0 Å². The number of rotatable bonds is 8. The molecule has 1 saturated heterocycles. The van der Waals surface area contributed by atoms with Gasteiger partial charge in [-0.15, -0.1) is 0 Å². The van der Waals surface area contributed by atoms with Gasteiger partial charge in [-0.1, -0.05) is 46.8 Å². The topological polar surface area (TPSA) is 129 Å². The average molecular weight is 579 g/mol. The first-order valence-electron chi connectivity index (χ1n) is 15.9. The molecule has 0 radical (unpaired) electrons. The molecule has 234 valence electrons. The van der Waals surface area contributed by atoms with Crippen molar-refractivity contribution in [1.29, 1.82) is 0 Å². The van der Waals surface area contributed by atoms with Crippen molar-refractivity contribution < 1.29 is 39.7 Å². The molecule has 0 amide bonds. The van der Waals surface area contributed by atoms with Crippen LogP contribution in [0.3, 0.4) is 0 Å². The summed E-state index contributed by atoms with van der Waals surface area (Å²) >= 11 is 0. The van der Waals surface area contributed by atoms with E-state index in [9.17, 15) is 25.5 Å². The molecular formula is C33H54O8. The van der Waals surface area contributed by atoms with E-state index in [1.165, 1.54) is 18.3 Å². The minimum Gasteiger partial charge on any atom is -0.393 e. The summed E-state index contributed by atoms with van der Waals surface area (Å²) < 4.78 is 17.3. The van der Waals surface area contributed by atoms with Gasteiger partial charge in [0.15, 0.2) is 6.29 Å². The van der Waals surface area contributed by atoms with Crippen LogP contribution in [0, 0.1) is 40.4 Å². The van der Waals surface area contributed by atoms with Crippen LogP contribution >= 0.6 is 0 Å². The van der Waals surface area contributed by atoms with Crippen LogP contribution in [0.2, 0.25) is 0 Å². The van der Waals surface area contributed by atoms with Crippen molar-refractivity contribution in [3.63, 3.8) is 0 Å². The number of allylic oxidation sites excluding steroid dienone is 3. The van der Waals surface area contributed by atoms with Crippen molar-refractivity contribution in [2.24, 2.45) is 40.4 Å². The van der Waals surface area contributed by atoms with Crippen molar-refractivity contribution in [2.75, 3.05) is 13.7 Å². The molecule has 1 heterocycles. The monoisotopic (exact) mass is 578 g/mol. The van der Waals surface area contributed by atoms with Gasteiger partial charge in [0, 0.05) is 18.9 Å². The second-order valence-electron chi connectivity index (χ2n) is 14.7. The van der Waals surface area contributed by atoms with Gasteiger partial charge in [-0.2, -0.15) is 0 Å². The summed E-state index contributed by atoms with van der Waals surface area (Å²) in [4.78, 5) is 0. The first-order valence-corrected chi connectivity index (χ1v) is 15.9. The molecule has 14 atom stereocenters. The molecule has 0 aromatic heterocycles. The van der Waals surface area contributed by atoms with Gasteiger partial charge in [0.25, 0.3) is 0 Å². The predicted octanol–water partition coefficient (Wildman–Crippen LogP) is 3.34. The Balaban J connectivity index is 1.32. The van der Waals surface area contributed by atoms with Crippen LogP contribution in [-0.2, 0) is 14.2 Å². The summed E-state index contributed by atoms with van der Waals surface area (Å²) in [7, 11) is 1.45. The molecule has 2 saturated carbocycles. The van der Waals surface area contributed by atoms with Crippen LogP contribution < -0.4 is 0 Å². The number of hydrogen-bond donors (Lipinski definition) is 5. The lowest BCUT2D eigenvalue weighted by atomic mass is 9.51. The summed E-state index contributed by atoms with van der Waals surface area (Å²) in [5.74, 6) is 1.11. The molecule has 0 spiro atoms. The Bertz CT molecular complexity index is 996. The summed E-state index contributed by atoms with van der Waals surface area (Å²) in [6.45, 7) is 11.0. The molecule has 0 aromatic rings. The number of methoxy groups -OCH3 is 1. The summed E-state index contributed by atoms with van der Waals surface area (Å²) in [5.41, 5.74) is 2.32. The van der Waals surface area contributed by atoms with Crippen LogP contribution in [-0.4, -0.2) is 88.3 Å². The maximum absolute atomic E-state index is 11.6. The fourth-order valence-corrected chi connectivity index (χ4v) is 9.31. The normalized spacial score (nSPS) is 47.6. The molecule has 0 bridgehead atoms. The van der Waals surface area contributed by atoms with E-state index in [-0.39, 0.29) is 41.3 Å². The molecule has 2 unspecified atom stereocenters. The van der Waals surface area contributed by atoms with E-state index in [1.807, 2.05) is 0 Å². The van der Waals surface area contributed by atoms with Gasteiger partial charge >= 0.3 is 0 Å². The van der Waals surface area contributed by atoms with Crippen molar-refractivity contribution >= 4 is 0 Å². The highest BCUT2D eigenvalue weighted by atomic mass is 16.7. The number of aliphatic hydroxyl groups is 5. The number of hydrogen-bond acceptors (Lipinski definition) is 8. The number of ether oxygens (including phenoxy) is 3. The Kier molecular flexibility index (Phi) is 9.18. The Morgan fingerprint density at radius 1 is 1.02 bits per heavy atom. The first kappa shape index (κ1) is 31.6. The van der Waals surface area contributed by atoms with E-state index in [0.29, 0.717) is 24.7 Å².